The summed E-state index contributed by atoms with van der Waals surface area (Å²) in [5.74, 6) is 1.87. The molecule has 9 aromatic carbocycles. The maximum Gasteiger partial charge on any atom is 0.164 e. The average molecular weight is 792 g/mol. The van der Waals surface area contributed by atoms with E-state index in [-0.39, 0.29) is 0 Å². The third-order valence-electron chi connectivity index (χ3n) is 11.9. The molecule has 3 heterocycles. The Labute approximate surface area is 358 Å². The molecule has 0 N–H and O–H groups in total. The van der Waals surface area contributed by atoms with Crippen LogP contribution in [0, 0.1) is 0 Å². The monoisotopic (exact) mass is 791 g/mol. The van der Waals surface area contributed by atoms with E-state index < -0.39 is 0 Å². The minimum atomic E-state index is 0.610. The SMILES string of the molecule is c1ccc(-c2ccc3c4ccc(-c5cc(-c6nc(-c7ccccc7)nc(-c7ccccc7)n6)cc6c5c5ccccc5n6-c5ccccc5)cc4n(-c4ccccc4)c3c2)cc1. The van der Waals surface area contributed by atoms with Crippen LogP contribution in [0.25, 0.3) is 111 Å². The molecule has 0 spiro atoms. The highest BCUT2D eigenvalue weighted by atomic mass is 15.0. The molecular formula is C57H37N5. The normalized spacial score (nSPS) is 11.5. The molecule has 12 aromatic rings. The minimum absolute atomic E-state index is 0.610. The zero-order valence-electron chi connectivity index (χ0n) is 33.6. The van der Waals surface area contributed by atoms with E-state index in [0.717, 1.165) is 61.3 Å². The number of nitrogens with zero attached hydrogens (tertiary/aromatic N) is 5. The molecule has 0 aliphatic rings. The average Bonchev–Trinajstić information content (AvgIpc) is 3.87. The van der Waals surface area contributed by atoms with E-state index in [2.05, 4.69) is 197 Å². The second-order valence-electron chi connectivity index (χ2n) is 15.6. The summed E-state index contributed by atoms with van der Waals surface area (Å²) in [5.41, 5.74) is 14.0. The van der Waals surface area contributed by atoms with Crippen molar-refractivity contribution >= 4 is 43.6 Å². The molecule has 0 aliphatic carbocycles. The minimum Gasteiger partial charge on any atom is -0.309 e. The third-order valence-corrected chi connectivity index (χ3v) is 11.9. The molecule has 0 bridgehead atoms. The van der Waals surface area contributed by atoms with E-state index in [1.165, 1.54) is 32.7 Å². The number of para-hydroxylation sites is 3. The predicted octanol–water partition coefficient (Wildman–Crippen LogP) is 14.4. The summed E-state index contributed by atoms with van der Waals surface area (Å²) in [6.07, 6.45) is 0. The van der Waals surface area contributed by atoms with Gasteiger partial charge in [0.05, 0.1) is 22.1 Å². The van der Waals surface area contributed by atoms with Gasteiger partial charge in [-0.15, -0.1) is 0 Å². The van der Waals surface area contributed by atoms with Crippen molar-refractivity contribution < 1.29 is 0 Å². The maximum atomic E-state index is 5.23. The van der Waals surface area contributed by atoms with E-state index in [4.69, 9.17) is 15.0 Å². The van der Waals surface area contributed by atoms with Crippen molar-refractivity contribution in [3.8, 4) is 67.8 Å². The van der Waals surface area contributed by atoms with Crippen LogP contribution in [0.15, 0.2) is 224 Å². The number of rotatable bonds is 7. The first-order valence-electron chi connectivity index (χ1n) is 20.9. The Hall–Kier alpha value is -8.41. The van der Waals surface area contributed by atoms with Crippen LogP contribution in [-0.4, -0.2) is 24.1 Å². The fourth-order valence-corrected chi connectivity index (χ4v) is 9.10. The number of aromatic nitrogens is 5. The first-order valence-corrected chi connectivity index (χ1v) is 20.9. The highest BCUT2D eigenvalue weighted by molar-refractivity contribution is 6.18. The summed E-state index contributed by atoms with van der Waals surface area (Å²) in [4.78, 5) is 15.5. The molecule has 290 valence electrons. The van der Waals surface area contributed by atoms with Crippen molar-refractivity contribution in [2.45, 2.75) is 0 Å². The first kappa shape index (κ1) is 35.5. The molecule has 12 rings (SSSR count). The van der Waals surface area contributed by atoms with E-state index >= 15 is 0 Å². The van der Waals surface area contributed by atoms with Crippen molar-refractivity contribution in [1.82, 2.24) is 24.1 Å². The maximum absolute atomic E-state index is 5.23. The highest BCUT2D eigenvalue weighted by Crippen LogP contribution is 2.43. The van der Waals surface area contributed by atoms with Crippen LogP contribution >= 0.6 is 0 Å². The van der Waals surface area contributed by atoms with Gasteiger partial charge >= 0.3 is 0 Å². The van der Waals surface area contributed by atoms with Gasteiger partial charge in [0.25, 0.3) is 0 Å². The molecule has 5 heteroatoms. The number of hydrogen-bond acceptors (Lipinski definition) is 3. The summed E-state index contributed by atoms with van der Waals surface area (Å²) in [6, 6.07) is 79.4. The molecule has 5 nitrogen and oxygen atoms in total. The molecular weight excluding hydrogens is 755 g/mol. The smallest absolute Gasteiger partial charge is 0.164 e. The Balaban J connectivity index is 1.17. The van der Waals surface area contributed by atoms with Gasteiger partial charge in [0, 0.05) is 49.6 Å². The summed E-state index contributed by atoms with van der Waals surface area (Å²) in [7, 11) is 0. The summed E-state index contributed by atoms with van der Waals surface area (Å²) >= 11 is 0. The van der Waals surface area contributed by atoms with Crippen LogP contribution in [0.1, 0.15) is 0 Å². The van der Waals surface area contributed by atoms with E-state index in [0.29, 0.717) is 17.5 Å². The van der Waals surface area contributed by atoms with Crippen molar-refractivity contribution in [2.75, 3.05) is 0 Å². The molecule has 0 saturated carbocycles. The lowest BCUT2D eigenvalue weighted by atomic mass is 9.95. The van der Waals surface area contributed by atoms with E-state index in [1.807, 2.05) is 36.4 Å². The van der Waals surface area contributed by atoms with Gasteiger partial charge in [-0.1, -0.05) is 170 Å². The van der Waals surface area contributed by atoms with Crippen LogP contribution < -0.4 is 0 Å². The van der Waals surface area contributed by atoms with Crippen molar-refractivity contribution in [2.24, 2.45) is 0 Å². The lowest BCUT2D eigenvalue weighted by Gasteiger charge is -2.14. The van der Waals surface area contributed by atoms with Crippen molar-refractivity contribution in [3.05, 3.63) is 224 Å². The van der Waals surface area contributed by atoms with Gasteiger partial charge in [0.2, 0.25) is 0 Å². The Bertz CT molecular complexity index is 3540. The van der Waals surface area contributed by atoms with Crippen LogP contribution in [0.3, 0.4) is 0 Å². The zero-order valence-corrected chi connectivity index (χ0v) is 33.6. The van der Waals surface area contributed by atoms with Gasteiger partial charge in [-0.3, -0.25) is 0 Å². The quantitative estimate of drug-likeness (QED) is 0.162. The van der Waals surface area contributed by atoms with Crippen molar-refractivity contribution in [1.29, 1.82) is 0 Å². The first-order chi connectivity index (χ1) is 30.7. The summed E-state index contributed by atoms with van der Waals surface area (Å²) in [6.45, 7) is 0. The van der Waals surface area contributed by atoms with Gasteiger partial charge in [-0.25, -0.2) is 15.0 Å². The highest BCUT2D eigenvalue weighted by Gasteiger charge is 2.22. The van der Waals surface area contributed by atoms with Gasteiger partial charge in [-0.05, 0) is 76.9 Å². The van der Waals surface area contributed by atoms with Crippen LogP contribution in [-0.2, 0) is 0 Å². The van der Waals surface area contributed by atoms with E-state index in [9.17, 15) is 0 Å². The second-order valence-corrected chi connectivity index (χ2v) is 15.6. The molecule has 0 unspecified atom stereocenters. The molecule has 0 aliphatic heterocycles. The lowest BCUT2D eigenvalue weighted by Crippen LogP contribution is -2.01. The Kier molecular flexibility index (Phi) is 8.42. The molecule has 0 radical (unpaired) electrons. The van der Waals surface area contributed by atoms with Crippen molar-refractivity contribution in [3.63, 3.8) is 0 Å². The van der Waals surface area contributed by atoms with Gasteiger partial charge in [0.15, 0.2) is 17.5 Å². The number of benzene rings is 9. The third kappa shape index (κ3) is 5.98. The van der Waals surface area contributed by atoms with Gasteiger partial charge < -0.3 is 9.13 Å². The lowest BCUT2D eigenvalue weighted by molar-refractivity contribution is 1.07. The fourth-order valence-electron chi connectivity index (χ4n) is 9.10. The largest absolute Gasteiger partial charge is 0.309 e. The number of hydrogen-bond donors (Lipinski definition) is 0. The summed E-state index contributed by atoms with van der Waals surface area (Å²) < 4.78 is 4.79. The van der Waals surface area contributed by atoms with E-state index in [1.54, 1.807) is 0 Å². The predicted molar refractivity (Wildman–Crippen MR) is 256 cm³/mol. The molecule has 0 saturated heterocycles. The Morgan fingerprint density at radius 3 is 1.24 bits per heavy atom. The Morgan fingerprint density at radius 2 is 0.677 bits per heavy atom. The van der Waals surface area contributed by atoms with Gasteiger partial charge in [0.1, 0.15) is 0 Å². The number of fused-ring (bicyclic) bond motifs is 6. The second kappa shape index (κ2) is 14.7. The van der Waals surface area contributed by atoms with Crippen LogP contribution in [0.2, 0.25) is 0 Å². The molecule has 0 fully saturated rings. The van der Waals surface area contributed by atoms with Crippen LogP contribution in [0.5, 0.6) is 0 Å². The fraction of sp³-hybridized carbons (Fsp3) is 0. The molecule has 0 amide bonds. The molecule has 0 atom stereocenters. The van der Waals surface area contributed by atoms with Gasteiger partial charge in [-0.2, -0.15) is 0 Å². The topological polar surface area (TPSA) is 48.5 Å². The zero-order chi connectivity index (χ0) is 41.0. The Morgan fingerprint density at radius 1 is 0.258 bits per heavy atom. The molecule has 3 aromatic heterocycles. The summed E-state index contributed by atoms with van der Waals surface area (Å²) in [5, 5.41) is 4.75. The van der Waals surface area contributed by atoms with Crippen LogP contribution in [0.4, 0.5) is 0 Å². The standard InChI is InChI=1S/C57H37N5/c1-6-18-38(19-7-1)41-30-32-46-47-33-31-42(36-52(47)62(51(46)35-41)45-26-14-5-15-27-45)49-34-43(37-53-54(49)48-28-16-17-29-50(48)61(53)44-24-12-4-13-25-44)57-59-55(39-20-8-2-9-21-39)58-56(60-57)40-22-10-3-11-23-40/h1-37H. The molecule has 62 heavy (non-hydrogen) atoms.